The molecule has 21 heavy (non-hydrogen) atoms. The average Bonchev–Trinajstić information content (AvgIpc) is 2.49. The Balaban J connectivity index is 1.62. The second kappa shape index (κ2) is 8.37. The van der Waals surface area contributed by atoms with Crippen LogP contribution in [0.5, 0.6) is 0 Å². The number of carbonyl (C=O) groups excluding carboxylic acids is 2. The molecule has 5 heteroatoms. The van der Waals surface area contributed by atoms with Crippen LogP contribution >= 0.6 is 0 Å². The third-order valence-corrected chi connectivity index (χ3v) is 4.82. The number of amides is 2. The predicted octanol–water partition coefficient (Wildman–Crippen LogP) is 1.19. The monoisotopic (exact) mass is 295 g/mol. The first-order chi connectivity index (χ1) is 10.1. The van der Waals surface area contributed by atoms with Gasteiger partial charge in [0, 0.05) is 19.0 Å². The van der Waals surface area contributed by atoms with Gasteiger partial charge in [-0.2, -0.15) is 0 Å². The SMILES string of the molecule is CC1CCNCC1NC(=O)CNC(=O)CC1CCCCC1. The molecule has 1 aliphatic carbocycles. The molecular weight excluding hydrogens is 266 g/mol. The third kappa shape index (κ3) is 5.65. The summed E-state index contributed by atoms with van der Waals surface area (Å²) in [4.78, 5) is 23.8. The second-order valence-electron chi connectivity index (χ2n) is 6.63. The largest absolute Gasteiger partial charge is 0.350 e. The highest BCUT2D eigenvalue weighted by Gasteiger charge is 2.23. The van der Waals surface area contributed by atoms with Gasteiger partial charge in [0.25, 0.3) is 0 Å². The van der Waals surface area contributed by atoms with Crippen molar-refractivity contribution in [1.29, 1.82) is 0 Å². The van der Waals surface area contributed by atoms with Crippen molar-refractivity contribution in [2.75, 3.05) is 19.6 Å². The molecule has 3 N–H and O–H groups in total. The molecule has 0 bridgehead atoms. The molecule has 2 aliphatic rings. The third-order valence-electron chi connectivity index (χ3n) is 4.82. The van der Waals surface area contributed by atoms with Crippen LogP contribution in [0.15, 0.2) is 0 Å². The first kappa shape index (κ1) is 16.3. The summed E-state index contributed by atoms with van der Waals surface area (Å²) in [7, 11) is 0. The Morgan fingerprint density at radius 1 is 1.10 bits per heavy atom. The van der Waals surface area contributed by atoms with E-state index in [1.807, 2.05) is 0 Å². The lowest BCUT2D eigenvalue weighted by atomic mass is 9.87. The fourth-order valence-corrected chi connectivity index (χ4v) is 3.35. The van der Waals surface area contributed by atoms with E-state index in [1.54, 1.807) is 0 Å². The van der Waals surface area contributed by atoms with Gasteiger partial charge >= 0.3 is 0 Å². The molecule has 2 atom stereocenters. The normalized spacial score (nSPS) is 27.1. The number of nitrogens with one attached hydrogen (secondary N) is 3. The van der Waals surface area contributed by atoms with E-state index in [0.29, 0.717) is 18.3 Å². The number of hydrogen-bond donors (Lipinski definition) is 3. The molecule has 120 valence electrons. The second-order valence-corrected chi connectivity index (χ2v) is 6.63. The molecule has 0 spiro atoms. The zero-order valence-electron chi connectivity index (χ0n) is 13.1. The van der Waals surface area contributed by atoms with E-state index in [2.05, 4.69) is 22.9 Å². The van der Waals surface area contributed by atoms with Crippen molar-refractivity contribution in [1.82, 2.24) is 16.0 Å². The molecule has 2 amide bonds. The molecule has 2 fully saturated rings. The molecule has 0 radical (unpaired) electrons. The first-order valence-electron chi connectivity index (χ1n) is 8.42. The lowest BCUT2D eigenvalue weighted by Crippen LogP contribution is -2.52. The van der Waals surface area contributed by atoms with Crippen LogP contribution in [0, 0.1) is 11.8 Å². The van der Waals surface area contributed by atoms with E-state index in [9.17, 15) is 9.59 Å². The molecule has 1 aliphatic heterocycles. The molecular formula is C16H29N3O2. The highest BCUT2D eigenvalue weighted by atomic mass is 16.2. The van der Waals surface area contributed by atoms with E-state index in [4.69, 9.17) is 0 Å². The van der Waals surface area contributed by atoms with Crippen LogP contribution in [0.25, 0.3) is 0 Å². The number of rotatable bonds is 5. The Hall–Kier alpha value is -1.10. The summed E-state index contributed by atoms with van der Waals surface area (Å²) in [5.74, 6) is 0.955. The van der Waals surface area contributed by atoms with Crippen molar-refractivity contribution in [2.45, 2.75) is 57.9 Å². The summed E-state index contributed by atoms with van der Waals surface area (Å²) in [5, 5.41) is 9.06. The molecule has 1 saturated heterocycles. The number of hydrogen-bond acceptors (Lipinski definition) is 3. The lowest BCUT2D eigenvalue weighted by Gasteiger charge is -2.30. The van der Waals surface area contributed by atoms with Gasteiger partial charge < -0.3 is 16.0 Å². The minimum Gasteiger partial charge on any atom is -0.350 e. The minimum atomic E-state index is -0.0763. The maximum absolute atomic E-state index is 11.9. The van der Waals surface area contributed by atoms with Crippen molar-refractivity contribution in [3.05, 3.63) is 0 Å². The quantitative estimate of drug-likeness (QED) is 0.713. The van der Waals surface area contributed by atoms with Crippen LogP contribution < -0.4 is 16.0 Å². The van der Waals surface area contributed by atoms with E-state index >= 15 is 0 Å². The van der Waals surface area contributed by atoms with E-state index < -0.39 is 0 Å². The van der Waals surface area contributed by atoms with Gasteiger partial charge in [0.15, 0.2) is 0 Å². The molecule has 2 rings (SSSR count). The topological polar surface area (TPSA) is 70.2 Å². The van der Waals surface area contributed by atoms with E-state index in [1.165, 1.54) is 19.3 Å². The lowest BCUT2D eigenvalue weighted by molar-refractivity contribution is -0.127. The van der Waals surface area contributed by atoms with Crippen LogP contribution in [0.2, 0.25) is 0 Å². The average molecular weight is 295 g/mol. The molecule has 0 aromatic rings. The van der Waals surface area contributed by atoms with Crippen molar-refractivity contribution < 1.29 is 9.59 Å². The fraction of sp³-hybridized carbons (Fsp3) is 0.875. The maximum Gasteiger partial charge on any atom is 0.239 e. The summed E-state index contributed by atoms with van der Waals surface area (Å²) >= 11 is 0. The van der Waals surface area contributed by atoms with E-state index in [-0.39, 0.29) is 24.4 Å². The molecule has 1 heterocycles. The van der Waals surface area contributed by atoms with Gasteiger partial charge in [-0.15, -0.1) is 0 Å². The maximum atomic E-state index is 11.9. The van der Waals surface area contributed by atoms with E-state index in [0.717, 1.165) is 32.4 Å². The summed E-state index contributed by atoms with van der Waals surface area (Å²) < 4.78 is 0. The number of carbonyl (C=O) groups is 2. The van der Waals surface area contributed by atoms with Gasteiger partial charge in [-0.05, 0) is 37.6 Å². The predicted molar refractivity (Wildman–Crippen MR) is 82.8 cm³/mol. The summed E-state index contributed by atoms with van der Waals surface area (Å²) in [6.45, 7) is 4.11. The highest BCUT2D eigenvalue weighted by Crippen LogP contribution is 2.25. The summed E-state index contributed by atoms with van der Waals surface area (Å²) in [6, 6.07) is 0.182. The zero-order valence-corrected chi connectivity index (χ0v) is 13.1. The highest BCUT2D eigenvalue weighted by molar-refractivity contribution is 5.84. The van der Waals surface area contributed by atoms with Gasteiger partial charge in [0.1, 0.15) is 0 Å². The van der Waals surface area contributed by atoms with Crippen molar-refractivity contribution in [3.63, 3.8) is 0 Å². The number of piperidine rings is 1. The Labute approximate surface area is 127 Å². The molecule has 0 aromatic heterocycles. The molecule has 1 saturated carbocycles. The van der Waals surface area contributed by atoms with Crippen molar-refractivity contribution in [2.24, 2.45) is 11.8 Å². The molecule has 2 unspecified atom stereocenters. The first-order valence-corrected chi connectivity index (χ1v) is 8.42. The standard InChI is InChI=1S/C16H29N3O2/c1-12-7-8-17-10-14(12)19-16(21)11-18-15(20)9-13-5-3-2-4-6-13/h12-14,17H,2-11H2,1H3,(H,18,20)(H,19,21). The Morgan fingerprint density at radius 3 is 2.57 bits per heavy atom. The van der Waals surface area contributed by atoms with Crippen LogP contribution in [0.3, 0.4) is 0 Å². The van der Waals surface area contributed by atoms with Crippen molar-refractivity contribution in [3.8, 4) is 0 Å². The molecule has 0 aromatic carbocycles. The Bertz CT molecular complexity index is 353. The Kier molecular flexibility index (Phi) is 6.49. The van der Waals surface area contributed by atoms with Crippen molar-refractivity contribution >= 4 is 11.8 Å². The smallest absolute Gasteiger partial charge is 0.239 e. The van der Waals surface area contributed by atoms with Gasteiger partial charge in [-0.3, -0.25) is 9.59 Å². The van der Waals surface area contributed by atoms with Crippen LogP contribution in [0.4, 0.5) is 0 Å². The fourth-order valence-electron chi connectivity index (χ4n) is 3.35. The van der Waals surface area contributed by atoms with Crippen LogP contribution in [-0.2, 0) is 9.59 Å². The summed E-state index contributed by atoms with van der Waals surface area (Å²) in [6.07, 6.45) is 7.76. The van der Waals surface area contributed by atoms with Crippen LogP contribution in [0.1, 0.15) is 51.9 Å². The van der Waals surface area contributed by atoms with Gasteiger partial charge in [0.2, 0.25) is 11.8 Å². The molecule has 5 nitrogen and oxygen atoms in total. The van der Waals surface area contributed by atoms with Crippen LogP contribution in [-0.4, -0.2) is 37.5 Å². The van der Waals surface area contributed by atoms with Gasteiger partial charge in [-0.1, -0.05) is 26.2 Å². The van der Waals surface area contributed by atoms with Gasteiger partial charge in [-0.25, -0.2) is 0 Å². The Morgan fingerprint density at radius 2 is 1.86 bits per heavy atom. The zero-order chi connectivity index (χ0) is 15.1. The summed E-state index contributed by atoms with van der Waals surface area (Å²) in [5.41, 5.74) is 0. The van der Waals surface area contributed by atoms with Gasteiger partial charge in [0.05, 0.1) is 6.54 Å². The minimum absolute atomic E-state index is 0.0202.